The summed E-state index contributed by atoms with van der Waals surface area (Å²) >= 11 is 1.72. The minimum Gasteiger partial charge on any atom is -0.396 e. The molecular formula is C30H38N4O2S. The van der Waals surface area contributed by atoms with E-state index in [0.717, 1.165) is 96.7 Å². The Balaban J connectivity index is 1.03. The normalized spacial score (nSPS) is 23.2. The molecule has 3 aromatic rings. The molecule has 1 aromatic carbocycles. The zero-order valence-corrected chi connectivity index (χ0v) is 22.4. The number of hydrogen-bond donors (Lipinski definition) is 1. The number of aliphatic hydroxyl groups is 1. The fourth-order valence-electron chi connectivity index (χ4n) is 5.84. The maximum atomic E-state index is 9.39. The Morgan fingerprint density at radius 1 is 0.811 bits per heavy atom. The van der Waals surface area contributed by atoms with Gasteiger partial charge in [-0.3, -0.25) is 0 Å². The van der Waals surface area contributed by atoms with Crippen LogP contribution in [0.1, 0.15) is 68.7 Å². The highest BCUT2D eigenvalue weighted by molar-refractivity contribution is 7.14. The third-order valence-electron chi connectivity index (χ3n) is 8.67. The van der Waals surface area contributed by atoms with E-state index in [1.165, 1.54) is 19.3 Å². The van der Waals surface area contributed by atoms with Gasteiger partial charge in [0.2, 0.25) is 0 Å². The van der Waals surface area contributed by atoms with Crippen molar-refractivity contribution in [1.82, 2.24) is 15.2 Å². The number of rotatable bonds is 8. The summed E-state index contributed by atoms with van der Waals surface area (Å²) in [4.78, 5) is 7.18. The van der Waals surface area contributed by atoms with E-state index in [2.05, 4.69) is 51.5 Å². The average molecular weight is 519 g/mol. The van der Waals surface area contributed by atoms with Crippen LogP contribution in [0.3, 0.4) is 0 Å². The van der Waals surface area contributed by atoms with Gasteiger partial charge in [0, 0.05) is 49.5 Å². The van der Waals surface area contributed by atoms with Gasteiger partial charge < -0.3 is 14.7 Å². The van der Waals surface area contributed by atoms with Crippen LogP contribution in [0.5, 0.6) is 0 Å². The van der Waals surface area contributed by atoms with Gasteiger partial charge in [0.15, 0.2) is 0 Å². The molecule has 0 amide bonds. The number of ether oxygens (including phenoxy) is 1. The van der Waals surface area contributed by atoms with E-state index in [4.69, 9.17) is 9.72 Å². The first-order chi connectivity index (χ1) is 18.2. The Morgan fingerprint density at radius 2 is 1.54 bits per heavy atom. The van der Waals surface area contributed by atoms with E-state index in [0.29, 0.717) is 24.5 Å². The summed E-state index contributed by atoms with van der Waals surface area (Å²) in [6.07, 6.45) is 13.1. The Hall–Kier alpha value is -2.35. The molecular weight excluding hydrogens is 480 g/mol. The molecule has 0 radical (unpaired) electrons. The van der Waals surface area contributed by atoms with Gasteiger partial charge in [-0.25, -0.2) is 4.98 Å². The molecule has 2 aromatic heterocycles. The lowest BCUT2D eigenvalue weighted by Gasteiger charge is -2.34. The van der Waals surface area contributed by atoms with Gasteiger partial charge in [-0.05, 0) is 80.9 Å². The van der Waals surface area contributed by atoms with Crippen LogP contribution in [0.15, 0.2) is 42.6 Å². The zero-order valence-electron chi connectivity index (χ0n) is 21.6. The SMILES string of the molecule is OCC1CCC(c2nnc(-c3ccc(-c4ccc(N5CCC(OCC6CCC6)CC5)nc4)cc3)s2)CC1. The predicted octanol–water partition coefficient (Wildman–Crippen LogP) is 6.32. The van der Waals surface area contributed by atoms with Crippen molar-refractivity contribution in [2.45, 2.75) is 69.8 Å². The molecule has 7 heteroatoms. The molecule has 0 bridgehead atoms. The molecule has 3 heterocycles. The van der Waals surface area contributed by atoms with Gasteiger partial charge in [-0.2, -0.15) is 0 Å². The smallest absolute Gasteiger partial charge is 0.147 e. The Morgan fingerprint density at radius 3 is 2.19 bits per heavy atom. The Kier molecular flexibility index (Phi) is 7.81. The summed E-state index contributed by atoms with van der Waals surface area (Å²) in [6, 6.07) is 12.9. The van der Waals surface area contributed by atoms with Crippen LogP contribution in [0, 0.1) is 11.8 Å². The van der Waals surface area contributed by atoms with Crippen LogP contribution in [-0.4, -0.2) is 52.7 Å². The van der Waals surface area contributed by atoms with Crippen molar-refractivity contribution in [3.8, 4) is 21.7 Å². The summed E-state index contributed by atoms with van der Waals surface area (Å²) in [5.41, 5.74) is 3.41. The first-order valence-electron chi connectivity index (χ1n) is 14.1. The molecule has 0 atom stereocenters. The highest BCUT2D eigenvalue weighted by atomic mass is 32.1. The quantitative estimate of drug-likeness (QED) is 0.376. The molecule has 2 saturated carbocycles. The largest absolute Gasteiger partial charge is 0.396 e. The van der Waals surface area contributed by atoms with E-state index in [9.17, 15) is 5.11 Å². The molecule has 1 N–H and O–H groups in total. The van der Waals surface area contributed by atoms with Gasteiger partial charge in [-0.15, -0.1) is 10.2 Å². The van der Waals surface area contributed by atoms with Crippen LogP contribution in [0.25, 0.3) is 21.7 Å². The highest BCUT2D eigenvalue weighted by Crippen LogP contribution is 2.38. The van der Waals surface area contributed by atoms with Crippen LogP contribution in [0.2, 0.25) is 0 Å². The van der Waals surface area contributed by atoms with Crippen molar-refractivity contribution < 1.29 is 9.84 Å². The van der Waals surface area contributed by atoms with Crippen molar-refractivity contribution >= 4 is 17.2 Å². The number of benzene rings is 1. The lowest BCUT2D eigenvalue weighted by molar-refractivity contribution is -0.000996. The van der Waals surface area contributed by atoms with E-state index < -0.39 is 0 Å². The summed E-state index contributed by atoms with van der Waals surface area (Å²) in [5, 5.41) is 20.5. The third kappa shape index (κ3) is 5.89. The second-order valence-corrected chi connectivity index (χ2v) is 12.2. The lowest BCUT2D eigenvalue weighted by atomic mass is 9.83. The molecule has 1 aliphatic heterocycles. The third-order valence-corrected chi connectivity index (χ3v) is 9.80. The van der Waals surface area contributed by atoms with Gasteiger partial charge in [0.05, 0.1) is 6.10 Å². The molecule has 0 unspecified atom stereocenters. The number of pyridine rings is 1. The Labute approximate surface area is 224 Å². The topological polar surface area (TPSA) is 71.4 Å². The number of aromatic nitrogens is 3. The molecule has 3 aliphatic rings. The van der Waals surface area contributed by atoms with Crippen molar-refractivity contribution in [3.63, 3.8) is 0 Å². The predicted molar refractivity (Wildman–Crippen MR) is 149 cm³/mol. The van der Waals surface area contributed by atoms with E-state index in [1.807, 2.05) is 6.20 Å². The average Bonchev–Trinajstić information content (AvgIpc) is 3.43. The van der Waals surface area contributed by atoms with Crippen molar-refractivity contribution in [3.05, 3.63) is 47.6 Å². The second kappa shape index (κ2) is 11.6. The maximum absolute atomic E-state index is 9.39. The summed E-state index contributed by atoms with van der Waals surface area (Å²) in [6.45, 7) is 3.31. The van der Waals surface area contributed by atoms with E-state index >= 15 is 0 Å². The number of anilines is 1. The highest BCUT2D eigenvalue weighted by Gasteiger charge is 2.25. The van der Waals surface area contributed by atoms with Gasteiger partial charge >= 0.3 is 0 Å². The minimum atomic E-state index is 0.313. The maximum Gasteiger partial charge on any atom is 0.147 e. The molecule has 196 valence electrons. The number of aliphatic hydroxyl groups excluding tert-OH is 1. The fourth-order valence-corrected chi connectivity index (χ4v) is 6.86. The van der Waals surface area contributed by atoms with Crippen molar-refractivity contribution in [2.24, 2.45) is 11.8 Å². The molecule has 6 nitrogen and oxygen atoms in total. The molecule has 3 fully saturated rings. The molecule has 6 rings (SSSR count). The lowest BCUT2D eigenvalue weighted by Crippen LogP contribution is -2.38. The standard InChI is InChI=1S/C30H38N4O2S/c35-19-21-4-6-24(7-5-21)29-32-33-30(37-29)25-10-8-23(9-11-25)26-12-13-28(31-18-26)34-16-14-27(15-17-34)36-20-22-2-1-3-22/h8-13,18,21-22,24,27,35H,1-7,14-17,19-20H2. The van der Waals surface area contributed by atoms with E-state index in [-0.39, 0.29) is 0 Å². The molecule has 37 heavy (non-hydrogen) atoms. The number of nitrogens with zero attached hydrogens (tertiary/aromatic N) is 4. The van der Waals surface area contributed by atoms with Gasteiger partial charge in [0.25, 0.3) is 0 Å². The summed E-state index contributed by atoms with van der Waals surface area (Å²) in [5.74, 6) is 2.84. The van der Waals surface area contributed by atoms with E-state index in [1.54, 1.807) is 11.3 Å². The minimum absolute atomic E-state index is 0.313. The molecule has 1 saturated heterocycles. The molecule has 2 aliphatic carbocycles. The summed E-state index contributed by atoms with van der Waals surface area (Å²) in [7, 11) is 0. The first-order valence-corrected chi connectivity index (χ1v) is 14.9. The molecule has 0 spiro atoms. The number of piperidine rings is 1. The monoisotopic (exact) mass is 518 g/mol. The van der Waals surface area contributed by atoms with Crippen molar-refractivity contribution in [1.29, 1.82) is 0 Å². The van der Waals surface area contributed by atoms with Crippen LogP contribution in [0.4, 0.5) is 5.82 Å². The van der Waals surface area contributed by atoms with Crippen LogP contribution in [-0.2, 0) is 4.74 Å². The van der Waals surface area contributed by atoms with Gasteiger partial charge in [-0.1, -0.05) is 42.0 Å². The first kappa shape index (κ1) is 25.0. The number of hydrogen-bond acceptors (Lipinski definition) is 7. The fraction of sp³-hybridized carbons (Fsp3) is 0.567. The van der Waals surface area contributed by atoms with Crippen molar-refractivity contribution in [2.75, 3.05) is 31.2 Å². The zero-order chi connectivity index (χ0) is 25.0. The van der Waals surface area contributed by atoms with Gasteiger partial charge in [0.1, 0.15) is 15.8 Å². The van der Waals surface area contributed by atoms with Crippen LogP contribution < -0.4 is 4.90 Å². The summed E-state index contributed by atoms with van der Waals surface area (Å²) < 4.78 is 6.17. The Bertz CT molecular complexity index is 1130. The van der Waals surface area contributed by atoms with Crippen LogP contribution >= 0.6 is 11.3 Å². The second-order valence-electron chi connectivity index (χ2n) is 11.1.